The Hall–Kier alpha value is -1.74. The Bertz CT molecular complexity index is 551. The Kier molecular flexibility index (Phi) is 2.68. The molecule has 0 fully saturated rings. The van der Waals surface area contributed by atoms with Crippen molar-refractivity contribution in [3.63, 3.8) is 0 Å². The number of ether oxygens (including phenoxy) is 2. The highest BCUT2D eigenvalue weighted by Gasteiger charge is 2.41. The average molecular weight is 258 g/mol. The molecule has 0 amide bonds. The van der Waals surface area contributed by atoms with Gasteiger partial charge < -0.3 is 14.6 Å². The molecular formula is C16H18O3. The second kappa shape index (κ2) is 4.14. The van der Waals surface area contributed by atoms with E-state index in [2.05, 4.69) is 0 Å². The van der Waals surface area contributed by atoms with Crippen LogP contribution in [-0.4, -0.2) is 5.11 Å². The Morgan fingerprint density at radius 2 is 1.74 bits per heavy atom. The van der Waals surface area contributed by atoms with Crippen LogP contribution in [0.4, 0.5) is 0 Å². The van der Waals surface area contributed by atoms with Gasteiger partial charge in [0.05, 0.1) is 0 Å². The smallest absolute Gasteiger partial charge is 0.274 e. The monoisotopic (exact) mass is 258 g/mol. The summed E-state index contributed by atoms with van der Waals surface area (Å²) in [5, 5.41) is 10.9. The van der Waals surface area contributed by atoms with Gasteiger partial charge in [0.1, 0.15) is 18.1 Å². The van der Waals surface area contributed by atoms with Gasteiger partial charge in [0.15, 0.2) is 0 Å². The fourth-order valence-electron chi connectivity index (χ4n) is 2.88. The maximum atomic E-state index is 10.9. The fourth-order valence-corrected chi connectivity index (χ4v) is 2.88. The lowest BCUT2D eigenvalue weighted by molar-refractivity contribution is -0.135. The predicted octanol–water partition coefficient (Wildman–Crippen LogP) is 3.31. The molecule has 1 aromatic carbocycles. The molecule has 1 unspecified atom stereocenters. The van der Waals surface area contributed by atoms with E-state index in [-0.39, 0.29) is 0 Å². The number of hydrogen-bond acceptors (Lipinski definition) is 3. The summed E-state index contributed by atoms with van der Waals surface area (Å²) in [5.41, 5.74) is 2.03. The fraction of sp³-hybridized carbons (Fsp3) is 0.375. The molecule has 3 rings (SSSR count). The minimum atomic E-state index is -0.918. The van der Waals surface area contributed by atoms with Crippen LogP contribution in [-0.2, 0) is 20.9 Å². The molecule has 19 heavy (non-hydrogen) atoms. The van der Waals surface area contributed by atoms with Gasteiger partial charge in [-0.25, -0.2) is 0 Å². The molecule has 1 heterocycles. The summed E-state index contributed by atoms with van der Waals surface area (Å²) in [6.07, 6.45) is 6.64. The first kappa shape index (κ1) is 12.3. The molecule has 1 N–H and O–H groups in total. The van der Waals surface area contributed by atoms with Crippen molar-refractivity contribution < 1.29 is 14.6 Å². The van der Waals surface area contributed by atoms with Crippen LogP contribution in [0.3, 0.4) is 0 Å². The quantitative estimate of drug-likeness (QED) is 0.827. The van der Waals surface area contributed by atoms with E-state index in [0.717, 1.165) is 17.5 Å². The molecule has 3 heteroatoms. The van der Waals surface area contributed by atoms with Gasteiger partial charge >= 0.3 is 0 Å². The van der Waals surface area contributed by atoms with Crippen LogP contribution < -0.4 is 0 Å². The normalized spacial score (nSPS) is 27.8. The number of rotatable bonds is 2. The first-order valence-corrected chi connectivity index (χ1v) is 6.55. The lowest BCUT2D eigenvalue weighted by Gasteiger charge is -2.31. The summed E-state index contributed by atoms with van der Waals surface area (Å²) in [6.45, 7) is 3.91. The van der Waals surface area contributed by atoms with Gasteiger partial charge in [-0.15, -0.1) is 0 Å². The highest BCUT2D eigenvalue weighted by atomic mass is 16.7. The van der Waals surface area contributed by atoms with E-state index in [1.807, 2.05) is 44.2 Å². The molecule has 0 bridgehead atoms. The van der Waals surface area contributed by atoms with E-state index in [0.29, 0.717) is 6.42 Å². The van der Waals surface area contributed by atoms with E-state index in [1.165, 1.54) is 18.1 Å². The molecule has 1 atom stereocenters. The maximum Gasteiger partial charge on any atom is 0.274 e. The van der Waals surface area contributed by atoms with Crippen molar-refractivity contribution >= 4 is 0 Å². The number of benzene rings is 1. The molecule has 0 saturated heterocycles. The van der Waals surface area contributed by atoms with E-state index in [1.54, 1.807) is 0 Å². The Balaban J connectivity index is 2.08. The van der Waals surface area contributed by atoms with E-state index in [4.69, 9.17) is 9.47 Å². The van der Waals surface area contributed by atoms with Gasteiger partial charge in [0.2, 0.25) is 0 Å². The molecule has 0 spiro atoms. The topological polar surface area (TPSA) is 38.7 Å². The van der Waals surface area contributed by atoms with Gasteiger partial charge in [0.25, 0.3) is 5.79 Å². The van der Waals surface area contributed by atoms with Crippen molar-refractivity contribution in [1.29, 1.82) is 0 Å². The first-order valence-electron chi connectivity index (χ1n) is 6.55. The van der Waals surface area contributed by atoms with Crippen molar-refractivity contribution in [2.45, 2.75) is 38.1 Å². The molecule has 1 aliphatic carbocycles. The SMILES string of the molecule is CC1=CC(O)(c2ccccc2C2(C)OC=CO2)CC1. The predicted molar refractivity (Wildman–Crippen MR) is 72.0 cm³/mol. The zero-order valence-corrected chi connectivity index (χ0v) is 11.2. The second-order valence-electron chi connectivity index (χ2n) is 5.41. The molecular weight excluding hydrogens is 240 g/mol. The van der Waals surface area contributed by atoms with Gasteiger partial charge in [-0.2, -0.15) is 0 Å². The average Bonchev–Trinajstić information content (AvgIpc) is 2.98. The van der Waals surface area contributed by atoms with Crippen molar-refractivity contribution in [2.75, 3.05) is 0 Å². The molecule has 1 aromatic rings. The van der Waals surface area contributed by atoms with Crippen molar-refractivity contribution in [2.24, 2.45) is 0 Å². The zero-order chi connectivity index (χ0) is 13.5. The van der Waals surface area contributed by atoms with Crippen LogP contribution in [0.15, 0.2) is 48.4 Å². The van der Waals surface area contributed by atoms with Crippen LogP contribution in [0.25, 0.3) is 0 Å². The van der Waals surface area contributed by atoms with Crippen LogP contribution in [0.2, 0.25) is 0 Å². The van der Waals surface area contributed by atoms with Crippen LogP contribution in [0.1, 0.15) is 37.8 Å². The molecule has 0 radical (unpaired) electrons. The summed E-state index contributed by atoms with van der Waals surface area (Å²) in [5.74, 6) is -0.851. The van der Waals surface area contributed by atoms with E-state index in [9.17, 15) is 5.11 Å². The number of hydrogen-bond donors (Lipinski definition) is 1. The zero-order valence-electron chi connectivity index (χ0n) is 11.2. The number of allylic oxidation sites excluding steroid dienone is 1. The Morgan fingerprint density at radius 1 is 1.11 bits per heavy atom. The minimum absolute atomic E-state index is 0.708. The molecule has 0 aromatic heterocycles. The van der Waals surface area contributed by atoms with Gasteiger partial charge in [-0.1, -0.05) is 29.8 Å². The van der Waals surface area contributed by atoms with E-state index < -0.39 is 11.4 Å². The minimum Gasteiger partial charge on any atom is -0.453 e. The molecule has 2 aliphatic rings. The van der Waals surface area contributed by atoms with E-state index >= 15 is 0 Å². The summed E-state index contributed by atoms with van der Waals surface area (Å²) >= 11 is 0. The second-order valence-corrected chi connectivity index (χ2v) is 5.41. The van der Waals surface area contributed by atoms with Gasteiger partial charge in [0, 0.05) is 12.5 Å². The summed E-state index contributed by atoms with van der Waals surface area (Å²) in [6, 6.07) is 7.76. The number of aliphatic hydroxyl groups is 1. The lowest BCUT2D eigenvalue weighted by Crippen LogP contribution is -2.30. The third-order valence-corrected chi connectivity index (χ3v) is 3.91. The van der Waals surface area contributed by atoms with Crippen LogP contribution >= 0.6 is 0 Å². The molecule has 1 aliphatic heterocycles. The summed E-state index contributed by atoms with van der Waals surface area (Å²) in [7, 11) is 0. The largest absolute Gasteiger partial charge is 0.453 e. The Morgan fingerprint density at radius 3 is 2.32 bits per heavy atom. The third-order valence-electron chi connectivity index (χ3n) is 3.91. The lowest BCUT2D eigenvalue weighted by atomic mass is 9.86. The summed E-state index contributed by atoms with van der Waals surface area (Å²) in [4.78, 5) is 0. The van der Waals surface area contributed by atoms with Gasteiger partial charge in [-0.3, -0.25) is 0 Å². The Labute approximate surface area is 113 Å². The van der Waals surface area contributed by atoms with Gasteiger partial charge in [-0.05, 0) is 31.4 Å². The molecule has 0 saturated carbocycles. The van der Waals surface area contributed by atoms with Crippen molar-refractivity contribution in [3.8, 4) is 0 Å². The van der Waals surface area contributed by atoms with Crippen LogP contribution in [0.5, 0.6) is 0 Å². The van der Waals surface area contributed by atoms with Crippen molar-refractivity contribution in [3.05, 3.63) is 59.6 Å². The maximum absolute atomic E-state index is 10.9. The molecule has 100 valence electrons. The highest BCUT2D eigenvalue weighted by molar-refractivity contribution is 5.41. The third kappa shape index (κ3) is 1.94. The standard InChI is InChI=1S/C16H18O3/c1-12-7-8-16(17,11-12)14-6-4-3-5-13(14)15(2)18-9-10-19-15/h3-6,9-11,17H,7-8H2,1-2H3. The first-order chi connectivity index (χ1) is 9.04. The highest BCUT2D eigenvalue weighted by Crippen LogP contribution is 2.43. The molecule has 3 nitrogen and oxygen atoms in total. The van der Waals surface area contributed by atoms with Crippen molar-refractivity contribution in [1.82, 2.24) is 0 Å². The summed E-state index contributed by atoms with van der Waals surface area (Å²) < 4.78 is 11.1. The van der Waals surface area contributed by atoms with Crippen LogP contribution in [0, 0.1) is 0 Å².